The lowest BCUT2D eigenvalue weighted by atomic mass is 10.2. The summed E-state index contributed by atoms with van der Waals surface area (Å²) < 4.78 is 0.916. The fourth-order valence-corrected chi connectivity index (χ4v) is 2.79. The van der Waals surface area contributed by atoms with Gasteiger partial charge in [0.05, 0.1) is 10.7 Å². The van der Waals surface area contributed by atoms with Crippen LogP contribution in [0.4, 0.5) is 0 Å². The van der Waals surface area contributed by atoms with Crippen molar-refractivity contribution in [2.75, 3.05) is 0 Å². The van der Waals surface area contributed by atoms with Gasteiger partial charge in [0, 0.05) is 15.4 Å². The minimum Gasteiger partial charge on any atom is -0.241 e. The Morgan fingerprint density at radius 1 is 1.44 bits per heavy atom. The highest BCUT2D eigenvalue weighted by Gasteiger charge is 2.06. The third kappa shape index (κ3) is 2.65. The van der Waals surface area contributed by atoms with Crippen molar-refractivity contribution in [1.82, 2.24) is 4.98 Å². The second-order valence-corrected chi connectivity index (χ2v) is 5.64. The Morgan fingerprint density at radius 2 is 2.25 bits per heavy atom. The summed E-state index contributed by atoms with van der Waals surface area (Å²) in [7, 11) is 0. The van der Waals surface area contributed by atoms with Crippen molar-refractivity contribution in [3.8, 4) is 10.6 Å². The molecule has 1 heterocycles. The molecule has 0 spiro atoms. The summed E-state index contributed by atoms with van der Waals surface area (Å²) in [6, 6.07) is 5.90. The van der Waals surface area contributed by atoms with Gasteiger partial charge in [0.25, 0.3) is 0 Å². The van der Waals surface area contributed by atoms with Gasteiger partial charge in [-0.2, -0.15) is 0 Å². The molecule has 2 aromatic rings. The molecule has 0 fully saturated rings. The minimum atomic E-state index is 0.731. The molecular weight excluding hydrogens is 306 g/mol. The van der Waals surface area contributed by atoms with Gasteiger partial charge in [0.1, 0.15) is 5.01 Å². The Bertz CT molecular complexity index is 496. The lowest BCUT2D eigenvalue weighted by Gasteiger charge is -1.99. The molecule has 0 saturated carbocycles. The van der Waals surface area contributed by atoms with E-state index < -0.39 is 0 Å². The van der Waals surface area contributed by atoms with E-state index in [1.165, 1.54) is 5.69 Å². The first-order chi connectivity index (χ1) is 7.70. The molecule has 0 N–H and O–H groups in total. The second kappa shape index (κ2) is 5.30. The highest BCUT2D eigenvalue weighted by molar-refractivity contribution is 9.10. The average Bonchev–Trinajstić information content (AvgIpc) is 2.71. The normalized spacial score (nSPS) is 10.7. The number of thiazole rings is 1. The summed E-state index contributed by atoms with van der Waals surface area (Å²) in [5.74, 6) is 0. The van der Waals surface area contributed by atoms with Gasteiger partial charge >= 0.3 is 0 Å². The minimum absolute atomic E-state index is 0.731. The number of rotatable bonds is 3. The quantitative estimate of drug-likeness (QED) is 0.760. The van der Waals surface area contributed by atoms with Gasteiger partial charge in [-0.15, -0.1) is 11.3 Å². The second-order valence-electron chi connectivity index (χ2n) is 3.52. The Hall–Kier alpha value is -0.380. The highest BCUT2D eigenvalue weighted by atomic mass is 79.9. The van der Waals surface area contributed by atoms with E-state index in [2.05, 4.69) is 33.2 Å². The first kappa shape index (κ1) is 12.1. The lowest BCUT2D eigenvalue weighted by molar-refractivity contribution is 0.893. The van der Waals surface area contributed by atoms with Crippen LogP contribution in [0.2, 0.25) is 5.02 Å². The molecule has 1 aromatic carbocycles. The Labute approximate surface area is 113 Å². The Kier molecular flexibility index (Phi) is 4.00. The average molecular weight is 317 g/mol. The zero-order chi connectivity index (χ0) is 11.5. The van der Waals surface area contributed by atoms with Crippen LogP contribution in [-0.4, -0.2) is 4.98 Å². The first-order valence-corrected chi connectivity index (χ1v) is 7.15. The van der Waals surface area contributed by atoms with Crippen LogP contribution in [0, 0.1) is 0 Å². The maximum atomic E-state index is 5.96. The maximum Gasteiger partial charge on any atom is 0.123 e. The van der Waals surface area contributed by atoms with Crippen molar-refractivity contribution >= 4 is 38.9 Å². The fourth-order valence-electron chi connectivity index (χ4n) is 1.44. The number of nitrogens with zero attached hydrogens (tertiary/aromatic N) is 1. The predicted molar refractivity (Wildman–Crippen MR) is 74.3 cm³/mol. The van der Waals surface area contributed by atoms with Crippen molar-refractivity contribution in [2.24, 2.45) is 0 Å². The molecule has 0 aliphatic rings. The topological polar surface area (TPSA) is 12.9 Å². The molecule has 0 bridgehead atoms. The zero-order valence-corrected chi connectivity index (χ0v) is 12.0. The van der Waals surface area contributed by atoms with Crippen LogP contribution >= 0.6 is 38.9 Å². The molecule has 84 valence electrons. The van der Waals surface area contributed by atoms with E-state index in [-0.39, 0.29) is 0 Å². The van der Waals surface area contributed by atoms with Gasteiger partial charge in [-0.1, -0.05) is 31.0 Å². The summed E-state index contributed by atoms with van der Waals surface area (Å²) >= 11 is 11.1. The van der Waals surface area contributed by atoms with Crippen molar-refractivity contribution in [3.05, 3.63) is 38.8 Å². The van der Waals surface area contributed by atoms with Crippen LogP contribution in [0.3, 0.4) is 0 Å². The predicted octanol–water partition coefficient (Wildman–Crippen LogP) is 5.18. The van der Waals surface area contributed by atoms with E-state index in [1.54, 1.807) is 11.3 Å². The summed E-state index contributed by atoms with van der Waals surface area (Å²) in [5.41, 5.74) is 2.29. The molecular formula is C12H11BrClNS. The number of hydrogen-bond donors (Lipinski definition) is 0. The van der Waals surface area contributed by atoms with Gasteiger partial charge in [-0.25, -0.2) is 4.98 Å². The molecule has 4 heteroatoms. The molecule has 0 radical (unpaired) electrons. The third-order valence-electron chi connectivity index (χ3n) is 2.22. The molecule has 0 aliphatic carbocycles. The molecule has 0 amide bonds. The number of halogens is 2. The van der Waals surface area contributed by atoms with Crippen LogP contribution in [0.5, 0.6) is 0 Å². The molecule has 0 saturated heterocycles. The van der Waals surface area contributed by atoms with E-state index in [9.17, 15) is 0 Å². The molecule has 0 unspecified atom stereocenters. The molecule has 1 aromatic heterocycles. The van der Waals surface area contributed by atoms with Crippen LogP contribution in [0.25, 0.3) is 10.6 Å². The van der Waals surface area contributed by atoms with Gasteiger partial charge in [-0.3, -0.25) is 0 Å². The van der Waals surface area contributed by atoms with E-state index in [0.717, 1.165) is 32.9 Å². The summed E-state index contributed by atoms with van der Waals surface area (Å²) in [4.78, 5) is 4.60. The van der Waals surface area contributed by atoms with Gasteiger partial charge in [0.2, 0.25) is 0 Å². The van der Waals surface area contributed by atoms with Crippen LogP contribution < -0.4 is 0 Å². The number of aryl methyl sites for hydroxylation is 1. The van der Waals surface area contributed by atoms with E-state index >= 15 is 0 Å². The molecule has 0 aliphatic heterocycles. The van der Waals surface area contributed by atoms with Crippen molar-refractivity contribution < 1.29 is 0 Å². The van der Waals surface area contributed by atoms with E-state index in [4.69, 9.17) is 11.6 Å². The number of benzene rings is 1. The van der Waals surface area contributed by atoms with Crippen LogP contribution in [-0.2, 0) is 6.42 Å². The molecule has 1 nitrogen and oxygen atoms in total. The van der Waals surface area contributed by atoms with Crippen LogP contribution in [0.1, 0.15) is 19.0 Å². The lowest BCUT2D eigenvalue weighted by Crippen LogP contribution is -1.83. The van der Waals surface area contributed by atoms with Crippen molar-refractivity contribution in [2.45, 2.75) is 19.8 Å². The largest absolute Gasteiger partial charge is 0.241 e. The third-order valence-corrected chi connectivity index (χ3v) is 4.38. The van der Waals surface area contributed by atoms with Gasteiger partial charge in [-0.05, 0) is 34.5 Å². The summed E-state index contributed by atoms with van der Waals surface area (Å²) in [6.45, 7) is 2.16. The van der Waals surface area contributed by atoms with Gasteiger partial charge < -0.3 is 0 Å². The number of hydrogen-bond acceptors (Lipinski definition) is 2. The Morgan fingerprint density at radius 3 is 2.94 bits per heavy atom. The van der Waals surface area contributed by atoms with Crippen molar-refractivity contribution in [3.63, 3.8) is 0 Å². The number of aromatic nitrogens is 1. The van der Waals surface area contributed by atoms with Crippen LogP contribution in [0.15, 0.2) is 28.1 Å². The van der Waals surface area contributed by atoms with Crippen molar-refractivity contribution in [1.29, 1.82) is 0 Å². The SMILES string of the molecule is CCCc1csc(-c2ccc(Cl)c(Br)c2)n1. The first-order valence-electron chi connectivity index (χ1n) is 5.10. The molecule has 2 rings (SSSR count). The maximum absolute atomic E-state index is 5.96. The monoisotopic (exact) mass is 315 g/mol. The fraction of sp³-hybridized carbons (Fsp3) is 0.250. The smallest absolute Gasteiger partial charge is 0.123 e. The molecule has 16 heavy (non-hydrogen) atoms. The summed E-state index contributed by atoms with van der Waals surface area (Å²) in [5, 5.41) is 3.91. The highest BCUT2D eigenvalue weighted by Crippen LogP contribution is 2.30. The zero-order valence-electron chi connectivity index (χ0n) is 8.84. The van der Waals surface area contributed by atoms with E-state index in [0.29, 0.717) is 0 Å². The standard InChI is InChI=1S/C12H11BrClNS/c1-2-3-9-7-16-12(15-9)8-4-5-11(14)10(13)6-8/h4-7H,2-3H2,1H3. The van der Waals surface area contributed by atoms with Gasteiger partial charge in [0.15, 0.2) is 0 Å². The Balaban J connectivity index is 2.31. The summed E-state index contributed by atoms with van der Waals surface area (Å²) in [6.07, 6.45) is 2.18. The molecule has 0 atom stereocenters. The van der Waals surface area contributed by atoms with E-state index in [1.807, 2.05) is 18.2 Å².